The van der Waals surface area contributed by atoms with Crippen molar-refractivity contribution >= 4 is 17.8 Å². The zero-order chi connectivity index (χ0) is 13.2. The Labute approximate surface area is 113 Å². The zero-order valence-corrected chi connectivity index (χ0v) is 11.5. The molecule has 2 fully saturated rings. The molecule has 19 heavy (non-hydrogen) atoms. The molecule has 7 nitrogen and oxygen atoms in total. The first-order chi connectivity index (χ1) is 9.22. The summed E-state index contributed by atoms with van der Waals surface area (Å²) in [6, 6.07) is 0.537. The lowest BCUT2D eigenvalue weighted by Crippen LogP contribution is -2.37. The number of ether oxygens (including phenoxy) is 1. The van der Waals surface area contributed by atoms with Gasteiger partial charge in [0.15, 0.2) is 0 Å². The monoisotopic (exact) mass is 264 g/mol. The van der Waals surface area contributed by atoms with E-state index in [0.717, 1.165) is 32.3 Å². The van der Waals surface area contributed by atoms with E-state index >= 15 is 0 Å². The topological polar surface area (TPSA) is 66.4 Å². The van der Waals surface area contributed by atoms with Gasteiger partial charge in [-0.25, -0.2) is 0 Å². The number of nitrogens with one attached hydrogen (secondary N) is 1. The predicted octanol–water partition coefficient (Wildman–Crippen LogP) is 0.349. The predicted molar refractivity (Wildman–Crippen MR) is 73.8 cm³/mol. The largest absolute Gasteiger partial charge is 0.378 e. The molecular formula is C12H20N6O. The van der Waals surface area contributed by atoms with Gasteiger partial charge in [0, 0.05) is 33.2 Å². The van der Waals surface area contributed by atoms with Crippen LogP contribution in [0.5, 0.6) is 0 Å². The molecule has 1 aromatic heterocycles. The molecule has 3 rings (SSSR count). The van der Waals surface area contributed by atoms with Gasteiger partial charge in [-0.3, -0.25) is 0 Å². The summed E-state index contributed by atoms with van der Waals surface area (Å²) in [6.07, 6.45) is 2.41. The minimum absolute atomic E-state index is 0.537. The van der Waals surface area contributed by atoms with Gasteiger partial charge in [0.25, 0.3) is 0 Å². The highest BCUT2D eigenvalue weighted by Gasteiger charge is 2.24. The van der Waals surface area contributed by atoms with Crippen LogP contribution in [-0.4, -0.2) is 61.4 Å². The van der Waals surface area contributed by atoms with Gasteiger partial charge >= 0.3 is 0 Å². The first-order valence-corrected chi connectivity index (χ1v) is 6.75. The van der Waals surface area contributed by atoms with Crippen molar-refractivity contribution in [3.8, 4) is 0 Å². The summed E-state index contributed by atoms with van der Waals surface area (Å²) in [5, 5.41) is 3.34. The number of hydrogen-bond acceptors (Lipinski definition) is 7. The average Bonchev–Trinajstić information content (AvgIpc) is 3.23. The van der Waals surface area contributed by atoms with Crippen LogP contribution in [0, 0.1) is 0 Å². The second kappa shape index (κ2) is 5.16. The molecule has 0 aromatic carbocycles. The van der Waals surface area contributed by atoms with Crippen LogP contribution in [0.2, 0.25) is 0 Å². The Kier molecular flexibility index (Phi) is 3.37. The van der Waals surface area contributed by atoms with Gasteiger partial charge in [-0.1, -0.05) is 0 Å². The van der Waals surface area contributed by atoms with Crippen LogP contribution in [-0.2, 0) is 4.74 Å². The molecule has 1 aromatic rings. The van der Waals surface area contributed by atoms with E-state index in [1.54, 1.807) is 0 Å². The summed E-state index contributed by atoms with van der Waals surface area (Å²) in [5.74, 6) is 2.12. The van der Waals surface area contributed by atoms with E-state index in [1.165, 1.54) is 12.8 Å². The van der Waals surface area contributed by atoms with E-state index in [9.17, 15) is 0 Å². The van der Waals surface area contributed by atoms with Crippen LogP contribution < -0.4 is 15.1 Å². The van der Waals surface area contributed by atoms with Crippen LogP contribution in [0.25, 0.3) is 0 Å². The molecule has 1 aliphatic heterocycles. The molecule has 1 N–H and O–H groups in total. The highest BCUT2D eigenvalue weighted by molar-refractivity contribution is 5.45. The number of morpholine rings is 1. The summed E-state index contributed by atoms with van der Waals surface area (Å²) in [7, 11) is 3.89. The summed E-state index contributed by atoms with van der Waals surface area (Å²) in [5.41, 5.74) is 0. The Bertz CT molecular complexity index is 442. The third-order valence-electron chi connectivity index (χ3n) is 3.22. The van der Waals surface area contributed by atoms with Gasteiger partial charge in [-0.2, -0.15) is 15.0 Å². The average molecular weight is 264 g/mol. The number of aromatic nitrogens is 3. The zero-order valence-electron chi connectivity index (χ0n) is 11.5. The van der Waals surface area contributed by atoms with Crippen molar-refractivity contribution in [3.63, 3.8) is 0 Å². The van der Waals surface area contributed by atoms with Crippen LogP contribution in [0.3, 0.4) is 0 Å². The molecule has 0 radical (unpaired) electrons. The van der Waals surface area contributed by atoms with Crippen molar-refractivity contribution in [3.05, 3.63) is 0 Å². The molecular weight excluding hydrogens is 244 g/mol. The lowest BCUT2D eigenvalue weighted by molar-refractivity contribution is 0.122. The first-order valence-electron chi connectivity index (χ1n) is 6.75. The first kappa shape index (κ1) is 12.4. The molecule has 2 heterocycles. The molecule has 2 aliphatic rings. The maximum atomic E-state index is 5.36. The quantitative estimate of drug-likeness (QED) is 0.841. The van der Waals surface area contributed by atoms with Crippen LogP contribution in [0.15, 0.2) is 0 Å². The Morgan fingerprint density at radius 3 is 2.53 bits per heavy atom. The fraction of sp³-hybridized carbons (Fsp3) is 0.750. The highest BCUT2D eigenvalue weighted by Crippen LogP contribution is 2.24. The van der Waals surface area contributed by atoms with Crippen molar-refractivity contribution in [2.75, 3.05) is 55.5 Å². The van der Waals surface area contributed by atoms with Crippen molar-refractivity contribution < 1.29 is 4.74 Å². The normalized spacial score (nSPS) is 19.4. The van der Waals surface area contributed by atoms with Gasteiger partial charge in [0.1, 0.15) is 0 Å². The molecule has 1 aliphatic carbocycles. The van der Waals surface area contributed by atoms with E-state index in [-0.39, 0.29) is 0 Å². The van der Waals surface area contributed by atoms with Crippen LogP contribution in [0.1, 0.15) is 12.8 Å². The molecule has 104 valence electrons. The maximum absolute atomic E-state index is 5.36. The minimum Gasteiger partial charge on any atom is -0.378 e. The molecule has 0 atom stereocenters. The molecule has 0 amide bonds. The summed E-state index contributed by atoms with van der Waals surface area (Å²) in [4.78, 5) is 17.5. The van der Waals surface area contributed by atoms with Crippen molar-refractivity contribution in [1.29, 1.82) is 0 Å². The van der Waals surface area contributed by atoms with Crippen molar-refractivity contribution in [2.45, 2.75) is 18.9 Å². The maximum Gasteiger partial charge on any atom is 0.232 e. The van der Waals surface area contributed by atoms with Crippen molar-refractivity contribution in [1.82, 2.24) is 15.0 Å². The number of rotatable bonds is 4. The second-order valence-electron chi connectivity index (χ2n) is 5.17. The molecule has 0 spiro atoms. The Hall–Kier alpha value is -1.63. The Morgan fingerprint density at radius 1 is 1.16 bits per heavy atom. The third-order valence-corrected chi connectivity index (χ3v) is 3.22. The fourth-order valence-corrected chi connectivity index (χ4v) is 1.93. The molecule has 1 saturated heterocycles. The lowest BCUT2D eigenvalue weighted by atomic mass is 10.4. The highest BCUT2D eigenvalue weighted by atomic mass is 16.5. The number of hydrogen-bond donors (Lipinski definition) is 1. The Balaban J connectivity index is 1.85. The Morgan fingerprint density at radius 2 is 1.89 bits per heavy atom. The number of nitrogens with zero attached hydrogens (tertiary/aromatic N) is 5. The summed E-state index contributed by atoms with van der Waals surface area (Å²) < 4.78 is 5.36. The van der Waals surface area contributed by atoms with E-state index in [4.69, 9.17) is 4.74 Å². The summed E-state index contributed by atoms with van der Waals surface area (Å²) in [6.45, 7) is 3.13. The standard InChI is InChI=1S/C12H20N6O/c1-17(2)11-14-10(13-9-3-4-9)15-12(16-11)18-5-7-19-8-6-18/h9H,3-8H2,1-2H3,(H,13,14,15,16). The minimum atomic E-state index is 0.537. The number of anilines is 3. The molecule has 1 saturated carbocycles. The molecule has 7 heteroatoms. The van der Waals surface area contributed by atoms with E-state index in [2.05, 4.69) is 25.2 Å². The van der Waals surface area contributed by atoms with Crippen molar-refractivity contribution in [2.24, 2.45) is 0 Å². The van der Waals surface area contributed by atoms with Gasteiger partial charge in [-0.05, 0) is 12.8 Å². The van der Waals surface area contributed by atoms with E-state index < -0.39 is 0 Å². The van der Waals surface area contributed by atoms with Gasteiger partial charge in [0.05, 0.1) is 13.2 Å². The SMILES string of the molecule is CN(C)c1nc(NC2CC2)nc(N2CCOCC2)n1. The van der Waals surface area contributed by atoms with Crippen LogP contribution >= 0.6 is 0 Å². The van der Waals surface area contributed by atoms with Gasteiger partial charge in [-0.15, -0.1) is 0 Å². The third kappa shape index (κ3) is 3.04. The second-order valence-corrected chi connectivity index (χ2v) is 5.17. The van der Waals surface area contributed by atoms with E-state index in [1.807, 2.05) is 19.0 Å². The lowest BCUT2D eigenvalue weighted by Gasteiger charge is -2.27. The smallest absolute Gasteiger partial charge is 0.232 e. The van der Waals surface area contributed by atoms with E-state index in [0.29, 0.717) is 17.9 Å². The van der Waals surface area contributed by atoms with Gasteiger partial charge < -0.3 is 19.9 Å². The molecule has 0 unspecified atom stereocenters. The van der Waals surface area contributed by atoms with Gasteiger partial charge in [0.2, 0.25) is 17.8 Å². The fourth-order valence-electron chi connectivity index (χ4n) is 1.93. The molecule has 0 bridgehead atoms. The van der Waals surface area contributed by atoms with Crippen LogP contribution in [0.4, 0.5) is 17.8 Å². The summed E-state index contributed by atoms with van der Waals surface area (Å²) >= 11 is 0.